The molecule has 34 heavy (non-hydrogen) atoms. The zero-order valence-electron chi connectivity index (χ0n) is 18.5. The Kier molecular flexibility index (Phi) is 5.57. The highest BCUT2D eigenvalue weighted by Crippen LogP contribution is 2.33. The molecule has 1 amide bonds. The van der Waals surface area contributed by atoms with Crippen LogP contribution in [0.25, 0.3) is 11.0 Å². The lowest BCUT2D eigenvalue weighted by Gasteiger charge is -2.23. The Hall–Kier alpha value is -3.72. The minimum Gasteiger partial charge on any atom is -0.340 e. The van der Waals surface area contributed by atoms with E-state index in [1.54, 1.807) is 30.0 Å². The monoisotopic (exact) mass is 478 g/mol. The molecule has 1 fully saturated rings. The summed E-state index contributed by atoms with van der Waals surface area (Å²) in [5.74, 6) is -0.0619. The number of H-pyrrole nitrogens is 1. The van der Waals surface area contributed by atoms with E-state index < -0.39 is 15.8 Å². The van der Waals surface area contributed by atoms with E-state index in [9.17, 15) is 17.6 Å². The molecule has 9 heteroatoms. The van der Waals surface area contributed by atoms with Gasteiger partial charge in [-0.05, 0) is 67.8 Å². The highest BCUT2D eigenvalue weighted by Gasteiger charge is 2.33. The average Bonchev–Trinajstić information content (AvgIpc) is 3.47. The predicted octanol–water partition coefficient (Wildman–Crippen LogP) is 4.79. The van der Waals surface area contributed by atoms with Gasteiger partial charge in [-0.1, -0.05) is 24.3 Å². The van der Waals surface area contributed by atoms with Crippen molar-refractivity contribution in [2.45, 2.75) is 30.7 Å². The maximum Gasteiger partial charge on any atom is 0.261 e. The molecule has 1 saturated heterocycles. The third kappa shape index (κ3) is 4.14. The molecule has 0 saturated carbocycles. The third-order valence-corrected chi connectivity index (χ3v) is 7.43. The van der Waals surface area contributed by atoms with Gasteiger partial charge in [0, 0.05) is 17.8 Å². The van der Waals surface area contributed by atoms with Gasteiger partial charge in [0.2, 0.25) is 0 Å². The van der Waals surface area contributed by atoms with Crippen molar-refractivity contribution in [1.29, 1.82) is 0 Å². The Labute approximate surface area is 196 Å². The summed E-state index contributed by atoms with van der Waals surface area (Å²) in [6.45, 7) is 2.14. The van der Waals surface area contributed by atoms with Gasteiger partial charge in [-0.25, -0.2) is 17.8 Å². The number of hydrogen-bond acceptors (Lipinski definition) is 4. The Morgan fingerprint density at radius 1 is 1.12 bits per heavy atom. The van der Waals surface area contributed by atoms with Gasteiger partial charge in [0.1, 0.15) is 11.6 Å². The second kappa shape index (κ2) is 8.57. The quantitative estimate of drug-likeness (QED) is 0.431. The number of carbonyl (C=O) groups excluding carboxylic acids is 1. The van der Waals surface area contributed by atoms with Crippen molar-refractivity contribution in [1.82, 2.24) is 14.9 Å². The number of aromatic nitrogens is 2. The number of amides is 1. The van der Waals surface area contributed by atoms with Gasteiger partial charge >= 0.3 is 0 Å². The first-order chi connectivity index (χ1) is 16.3. The van der Waals surface area contributed by atoms with Crippen LogP contribution in [0.15, 0.2) is 71.6 Å². The molecule has 0 bridgehead atoms. The number of nitrogens with zero attached hydrogens (tertiary/aromatic N) is 2. The summed E-state index contributed by atoms with van der Waals surface area (Å²) in [5, 5.41) is 0. The number of anilines is 1. The number of likely N-dealkylation sites (tertiary alicyclic amines) is 1. The number of carbonyl (C=O) groups is 1. The number of sulfonamides is 1. The largest absolute Gasteiger partial charge is 0.340 e. The zero-order valence-corrected chi connectivity index (χ0v) is 19.3. The van der Waals surface area contributed by atoms with E-state index in [4.69, 9.17) is 0 Å². The Morgan fingerprint density at radius 3 is 2.74 bits per heavy atom. The molecular formula is C25H23FN4O3S. The summed E-state index contributed by atoms with van der Waals surface area (Å²) in [6.07, 6.45) is 1.63. The Bertz CT molecular complexity index is 1470. The molecule has 0 radical (unpaired) electrons. The van der Waals surface area contributed by atoms with Crippen LogP contribution < -0.4 is 4.72 Å². The van der Waals surface area contributed by atoms with Crippen molar-refractivity contribution in [3.63, 3.8) is 0 Å². The molecule has 0 aliphatic carbocycles. The number of hydrogen-bond donors (Lipinski definition) is 2. The maximum atomic E-state index is 13.9. The van der Waals surface area contributed by atoms with Gasteiger partial charge in [-0.15, -0.1) is 0 Å². The third-order valence-electron chi connectivity index (χ3n) is 6.05. The summed E-state index contributed by atoms with van der Waals surface area (Å²) in [4.78, 5) is 22.9. The first-order valence-electron chi connectivity index (χ1n) is 11.0. The smallest absolute Gasteiger partial charge is 0.261 e. The van der Waals surface area contributed by atoms with Gasteiger partial charge in [-0.2, -0.15) is 0 Å². The molecule has 0 spiro atoms. The Morgan fingerprint density at radius 2 is 1.94 bits per heavy atom. The molecule has 7 nitrogen and oxygen atoms in total. The van der Waals surface area contributed by atoms with Crippen LogP contribution in [0.1, 0.15) is 40.6 Å². The number of nitrogens with one attached hydrogen (secondary N) is 2. The minimum absolute atomic E-state index is 0.183. The van der Waals surface area contributed by atoms with Gasteiger partial charge in [0.15, 0.2) is 0 Å². The van der Waals surface area contributed by atoms with E-state index in [0.29, 0.717) is 17.7 Å². The van der Waals surface area contributed by atoms with Crippen LogP contribution in [-0.4, -0.2) is 35.7 Å². The number of rotatable bonds is 5. The summed E-state index contributed by atoms with van der Waals surface area (Å²) >= 11 is 0. The molecule has 5 rings (SSSR count). The lowest BCUT2D eigenvalue weighted by atomic mass is 10.1. The summed E-state index contributed by atoms with van der Waals surface area (Å²) in [7, 11) is -4.01. The highest BCUT2D eigenvalue weighted by atomic mass is 32.2. The number of para-hydroxylation sites is 2. The molecule has 3 aromatic carbocycles. The molecule has 1 aliphatic rings. The molecule has 174 valence electrons. The van der Waals surface area contributed by atoms with Crippen molar-refractivity contribution in [3.8, 4) is 0 Å². The summed E-state index contributed by atoms with van der Waals surface area (Å²) in [5.41, 5.74) is 2.71. The SMILES string of the molecule is Cc1ccc(S(=O)(=O)Nc2cccc(C(=O)N3CCCC3c3nc4ccccc4[nH]3)c2)cc1F. The molecule has 2 N–H and O–H groups in total. The van der Waals surface area contributed by atoms with Crippen LogP contribution in [0.5, 0.6) is 0 Å². The van der Waals surface area contributed by atoms with E-state index in [-0.39, 0.29) is 22.5 Å². The highest BCUT2D eigenvalue weighted by molar-refractivity contribution is 7.92. The zero-order chi connectivity index (χ0) is 23.9. The van der Waals surface area contributed by atoms with Crippen molar-refractivity contribution in [2.75, 3.05) is 11.3 Å². The van der Waals surface area contributed by atoms with E-state index >= 15 is 0 Å². The second-order valence-corrected chi connectivity index (χ2v) is 10.1. The van der Waals surface area contributed by atoms with Gasteiger partial charge < -0.3 is 9.88 Å². The molecule has 1 aliphatic heterocycles. The fourth-order valence-electron chi connectivity index (χ4n) is 4.26. The average molecular weight is 479 g/mol. The van der Waals surface area contributed by atoms with Crippen molar-refractivity contribution < 1.29 is 17.6 Å². The molecule has 4 aromatic rings. The van der Waals surface area contributed by atoms with Crippen molar-refractivity contribution in [2.24, 2.45) is 0 Å². The number of imidazole rings is 1. The molecule has 1 aromatic heterocycles. The normalized spacial score (nSPS) is 16.2. The van der Waals surface area contributed by atoms with Crippen molar-refractivity contribution >= 4 is 32.7 Å². The first-order valence-corrected chi connectivity index (χ1v) is 12.4. The molecule has 2 heterocycles. The van der Waals surface area contributed by atoms with Gasteiger partial charge in [-0.3, -0.25) is 9.52 Å². The van der Waals surface area contributed by atoms with Gasteiger partial charge in [0.05, 0.1) is 22.0 Å². The number of aromatic amines is 1. The summed E-state index contributed by atoms with van der Waals surface area (Å²) < 4.78 is 41.8. The van der Waals surface area contributed by atoms with Crippen LogP contribution in [0.2, 0.25) is 0 Å². The molecule has 1 atom stereocenters. The van der Waals surface area contributed by atoms with Crippen LogP contribution in [-0.2, 0) is 10.0 Å². The van der Waals surface area contributed by atoms with E-state index in [1.807, 2.05) is 24.3 Å². The lowest BCUT2D eigenvalue weighted by molar-refractivity contribution is 0.0730. The number of halogens is 1. The lowest BCUT2D eigenvalue weighted by Crippen LogP contribution is -2.31. The molecular weight excluding hydrogens is 455 g/mol. The molecule has 1 unspecified atom stereocenters. The van der Waals surface area contributed by atoms with Crippen molar-refractivity contribution in [3.05, 3.63) is 89.5 Å². The van der Waals surface area contributed by atoms with Crippen LogP contribution >= 0.6 is 0 Å². The number of benzene rings is 3. The van der Waals surface area contributed by atoms with Crippen LogP contribution in [0.4, 0.5) is 10.1 Å². The second-order valence-electron chi connectivity index (χ2n) is 8.39. The van der Waals surface area contributed by atoms with Crippen LogP contribution in [0.3, 0.4) is 0 Å². The van der Waals surface area contributed by atoms with E-state index in [1.165, 1.54) is 18.2 Å². The fourth-order valence-corrected chi connectivity index (χ4v) is 5.32. The van der Waals surface area contributed by atoms with Gasteiger partial charge in [0.25, 0.3) is 15.9 Å². The first kappa shape index (κ1) is 22.1. The topological polar surface area (TPSA) is 95.2 Å². The summed E-state index contributed by atoms with van der Waals surface area (Å²) in [6, 6.07) is 17.6. The number of fused-ring (bicyclic) bond motifs is 1. The van der Waals surface area contributed by atoms with Crippen LogP contribution in [0, 0.1) is 12.7 Å². The van der Waals surface area contributed by atoms with E-state index in [0.717, 1.165) is 35.8 Å². The van der Waals surface area contributed by atoms with E-state index in [2.05, 4.69) is 14.7 Å². The Balaban J connectivity index is 1.39. The minimum atomic E-state index is -4.01. The number of aryl methyl sites for hydroxylation is 1. The maximum absolute atomic E-state index is 13.9. The standard InChI is InChI=1S/C25H23FN4O3S/c1-16-11-12-19(15-20(16)26)34(32,33)29-18-7-4-6-17(14-18)25(31)30-13-5-10-23(30)24-27-21-8-2-3-9-22(21)28-24/h2-4,6-9,11-12,14-15,23,29H,5,10,13H2,1H3,(H,27,28). The predicted molar refractivity (Wildman–Crippen MR) is 127 cm³/mol. The fraction of sp³-hybridized carbons (Fsp3) is 0.200.